The average molecular weight is 605 g/mol. The molecule has 1 atom stereocenters. The van der Waals surface area contributed by atoms with Crippen molar-refractivity contribution in [2.75, 3.05) is 13.2 Å². The van der Waals surface area contributed by atoms with Crippen molar-refractivity contribution in [3.8, 4) is 0 Å². The van der Waals surface area contributed by atoms with E-state index in [9.17, 15) is 14.7 Å². The molecule has 5 heteroatoms. The van der Waals surface area contributed by atoms with Crippen LogP contribution in [0.3, 0.4) is 0 Å². The summed E-state index contributed by atoms with van der Waals surface area (Å²) >= 11 is 0. The third kappa shape index (κ3) is 34.5. The largest absolute Gasteiger partial charge is 0.463 e. The Bertz CT molecular complexity index is 696. The molecular weight excluding hydrogens is 536 g/mol. The van der Waals surface area contributed by atoms with Gasteiger partial charge in [-0.25, -0.2) is 0 Å². The van der Waals surface area contributed by atoms with Gasteiger partial charge in [0.1, 0.15) is 19.3 Å². The number of carbonyl (C=O) groups excluding carboxylic acids is 2. The van der Waals surface area contributed by atoms with Gasteiger partial charge in [-0.05, 0) is 70.6 Å². The van der Waals surface area contributed by atoms with E-state index >= 15 is 0 Å². The predicted octanol–water partition coefficient (Wildman–Crippen LogP) is 10.9. The molecule has 0 rings (SSSR count). The Hall–Kier alpha value is -1.88. The first kappa shape index (κ1) is 41.1. The Morgan fingerprint density at radius 2 is 0.814 bits per heavy atom. The molecule has 0 aliphatic rings. The molecule has 0 aromatic carbocycles. The molecule has 0 aliphatic heterocycles. The summed E-state index contributed by atoms with van der Waals surface area (Å²) in [5.74, 6) is -0.600. The minimum Gasteiger partial charge on any atom is -0.463 e. The molecule has 0 fully saturated rings. The maximum atomic E-state index is 11.9. The molecule has 0 spiro atoms. The Balaban J connectivity index is 3.50. The van der Waals surface area contributed by atoms with Gasteiger partial charge in [0.15, 0.2) is 0 Å². The minimum atomic E-state index is -0.973. The lowest BCUT2D eigenvalue weighted by atomic mass is 10.1. The van der Waals surface area contributed by atoms with Crippen LogP contribution in [0.5, 0.6) is 0 Å². The fourth-order valence-corrected chi connectivity index (χ4v) is 4.81. The van der Waals surface area contributed by atoms with Crippen LogP contribution in [0.15, 0.2) is 36.5 Å². The molecule has 0 unspecified atom stereocenters. The van der Waals surface area contributed by atoms with Gasteiger partial charge in [-0.15, -0.1) is 0 Å². The molecule has 0 heterocycles. The van der Waals surface area contributed by atoms with E-state index in [4.69, 9.17) is 9.47 Å². The Morgan fingerprint density at radius 1 is 0.488 bits per heavy atom. The lowest BCUT2D eigenvalue weighted by Crippen LogP contribution is -2.25. The van der Waals surface area contributed by atoms with E-state index in [0.717, 1.165) is 57.8 Å². The molecule has 0 aromatic heterocycles. The van der Waals surface area contributed by atoms with Crippen LogP contribution in [0.2, 0.25) is 0 Å². The van der Waals surface area contributed by atoms with Gasteiger partial charge >= 0.3 is 11.9 Å². The molecule has 0 amide bonds. The van der Waals surface area contributed by atoms with Crippen LogP contribution in [0, 0.1) is 0 Å². The number of allylic oxidation sites excluding steroid dienone is 6. The summed E-state index contributed by atoms with van der Waals surface area (Å²) in [5, 5.41) is 9.97. The first-order valence-corrected chi connectivity index (χ1v) is 18.0. The SMILES string of the molecule is CCCCCC/C=C\C/C=C\CCCCCCCC(=O)OC[C@H](O)COC(=O)CCCCC/C=C\CCCCCCCC. The van der Waals surface area contributed by atoms with Crippen LogP contribution in [-0.4, -0.2) is 36.4 Å². The molecule has 0 aromatic rings. The standard InChI is InChI=1S/C38H68O5/c1-3-5-7-9-11-13-15-17-18-19-21-23-25-27-29-31-33-38(41)43-35-36(39)34-42-37(40)32-30-28-26-24-22-20-16-14-12-10-8-6-4-2/h13,15,18-20,22,36,39H,3-12,14,16-17,21,23-35H2,1-2H3/b15-13-,19-18-,22-20-/t36-/m1/s1. The second-order valence-corrected chi connectivity index (χ2v) is 12.0. The quantitative estimate of drug-likeness (QED) is 0.0470. The molecule has 250 valence electrons. The third-order valence-electron chi connectivity index (χ3n) is 7.60. The van der Waals surface area contributed by atoms with Gasteiger partial charge in [-0.1, -0.05) is 127 Å². The van der Waals surface area contributed by atoms with E-state index in [1.807, 2.05) is 0 Å². The van der Waals surface area contributed by atoms with Crippen LogP contribution in [-0.2, 0) is 19.1 Å². The number of hydrogen-bond donors (Lipinski definition) is 1. The number of aliphatic hydroxyl groups excluding tert-OH is 1. The van der Waals surface area contributed by atoms with E-state index in [-0.39, 0.29) is 25.2 Å². The summed E-state index contributed by atoms with van der Waals surface area (Å²) in [7, 11) is 0. The smallest absolute Gasteiger partial charge is 0.305 e. The highest BCUT2D eigenvalue weighted by Gasteiger charge is 2.12. The molecule has 0 saturated heterocycles. The topological polar surface area (TPSA) is 72.8 Å². The molecule has 43 heavy (non-hydrogen) atoms. The monoisotopic (exact) mass is 605 g/mol. The maximum absolute atomic E-state index is 11.9. The highest BCUT2D eigenvalue weighted by Crippen LogP contribution is 2.11. The summed E-state index contributed by atoms with van der Waals surface area (Å²) in [6.07, 6.45) is 40.5. The highest BCUT2D eigenvalue weighted by molar-refractivity contribution is 5.69. The summed E-state index contributed by atoms with van der Waals surface area (Å²) in [4.78, 5) is 23.8. The molecular formula is C38H68O5. The number of ether oxygens (including phenoxy) is 2. The molecule has 5 nitrogen and oxygen atoms in total. The van der Waals surface area contributed by atoms with Crippen LogP contribution in [0.4, 0.5) is 0 Å². The second kappa shape index (κ2) is 34.6. The van der Waals surface area contributed by atoms with E-state index in [0.29, 0.717) is 12.8 Å². The zero-order chi connectivity index (χ0) is 31.5. The van der Waals surface area contributed by atoms with Gasteiger partial charge in [-0.2, -0.15) is 0 Å². The van der Waals surface area contributed by atoms with Gasteiger partial charge in [0.05, 0.1) is 0 Å². The first-order valence-electron chi connectivity index (χ1n) is 18.0. The van der Waals surface area contributed by atoms with Gasteiger partial charge in [-0.3, -0.25) is 9.59 Å². The van der Waals surface area contributed by atoms with Crippen molar-refractivity contribution in [3.63, 3.8) is 0 Å². The summed E-state index contributed by atoms with van der Waals surface area (Å²) < 4.78 is 10.3. The number of hydrogen-bond acceptors (Lipinski definition) is 5. The fourth-order valence-electron chi connectivity index (χ4n) is 4.81. The zero-order valence-electron chi connectivity index (χ0n) is 28.2. The van der Waals surface area contributed by atoms with E-state index in [1.165, 1.54) is 89.9 Å². The predicted molar refractivity (Wildman–Crippen MR) is 182 cm³/mol. The Morgan fingerprint density at radius 3 is 1.26 bits per heavy atom. The molecule has 0 saturated carbocycles. The molecule has 0 aliphatic carbocycles. The number of carbonyl (C=O) groups is 2. The van der Waals surface area contributed by atoms with Crippen molar-refractivity contribution in [2.24, 2.45) is 0 Å². The van der Waals surface area contributed by atoms with Gasteiger partial charge in [0, 0.05) is 12.8 Å². The van der Waals surface area contributed by atoms with Crippen molar-refractivity contribution in [1.29, 1.82) is 0 Å². The molecule has 0 bridgehead atoms. The summed E-state index contributed by atoms with van der Waals surface area (Å²) in [6.45, 7) is 4.24. The zero-order valence-corrected chi connectivity index (χ0v) is 28.2. The number of aliphatic hydroxyl groups is 1. The van der Waals surface area contributed by atoms with Crippen LogP contribution < -0.4 is 0 Å². The number of rotatable bonds is 32. The van der Waals surface area contributed by atoms with Crippen molar-refractivity contribution in [1.82, 2.24) is 0 Å². The fraction of sp³-hybridized carbons (Fsp3) is 0.789. The van der Waals surface area contributed by atoms with Crippen molar-refractivity contribution < 1.29 is 24.2 Å². The van der Waals surface area contributed by atoms with Crippen molar-refractivity contribution in [2.45, 2.75) is 180 Å². The highest BCUT2D eigenvalue weighted by atomic mass is 16.6. The third-order valence-corrected chi connectivity index (χ3v) is 7.60. The minimum absolute atomic E-state index is 0.127. The van der Waals surface area contributed by atoms with Crippen LogP contribution in [0.25, 0.3) is 0 Å². The van der Waals surface area contributed by atoms with Gasteiger partial charge < -0.3 is 14.6 Å². The summed E-state index contributed by atoms with van der Waals surface area (Å²) in [6, 6.07) is 0. The van der Waals surface area contributed by atoms with E-state index in [2.05, 4.69) is 50.3 Å². The normalized spacial score (nSPS) is 12.5. The first-order chi connectivity index (χ1) is 21.1. The average Bonchev–Trinajstić information content (AvgIpc) is 3.01. The molecule has 0 radical (unpaired) electrons. The number of unbranched alkanes of at least 4 members (excludes halogenated alkanes) is 18. The van der Waals surface area contributed by atoms with Gasteiger partial charge in [0.25, 0.3) is 0 Å². The molecule has 1 N–H and O–H groups in total. The van der Waals surface area contributed by atoms with Gasteiger partial charge in [0.2, 0.25) is 0 Å². The Labute approximate surface area is 266 Å². The van der Waals surface area contributed by atoms with Crippen molar-refractivity contribution in [3.05, 3.63) is 36.5 Å². The Kier molecular flexibility index (Phi) is 33.1. The second-order valence-electron chi connectivity index (χ2n) is 12.0. The van der Waals surface area contributed by atoms with Crippen LogP contribution >= 0.6 is 0 Å². The number of esters is 2. The van der Waals surface area contributed by atoms with Crippen LogP contribution in [0.1, 0.15) is 174 Å². The van der Waals surface area contributed by atoms with E-state index < -0.39 is 6.10 Å². The summed E-state index contributed by atoms with van der Waals surface area (Å²) in [5.41, 5.74) is 0. The maximum Gasteiger partial charge on any atom is 0.305 e. The lowest BCUT2D eigenvalue weighted by Gasteiger charge is -2.12. The lowest BCUT2D eigenvalue weighted by molar-refractivity contribution is -0.152. The van der Waals surface area contributed by atoms with Crippen molar-refractivity contribution >= 4 is 11.9 Å². The van der Waals surface area contributed by atoms with E-state index in [1.54, 1.807) is 0 Å².